The van der Waals surface area contributed by atoms with Crippen LogP contribution in [0.2, 0.25) is 0 Å². The van der Waals surface area contributed by atoms with Gasteiger partial charge in [0.25, 0.3) is 0 Å². The van der Waals surface area contributed by atoms with Gasteiger partial charge in [-0.15, -0.1) is 0 Å². The van der Waals surface area contributed by atoms with Crippen LogP contribution in [0.3, 0.4) is 0 Å². The van der Waals surface area contributed by atoms with E-state index in [-0.39, 0.29) is 5.54 Å². The summed E-state index contributed by atoms with van der Waals surface area (Å²) in [4.78, 5) is 0. The van der Waals surface area contributed by atoms with E-state index in [0.29, 0.717) is 0 Å². The van der Waals surface area contributed by atoms with Gasteiger partial charge in [-0.1, -0.05) is 77.6 Å². The Morgan fingerprint density at radius 1 is 0.765 bits per heavy atom. The molecule has 1 heteroatoms. The van der Waals surface area contributed by atoms with Crippen molar-refractivity contribution in [1.29, 1.82) is 0 Å². The molecule has 0 bridgehead atoms. The first-order chi connectivity index (χ1) is 8.27. The van der Waals surface area contributed by atoms with Crippen molar-refractivity contribution >= 4 is 0 Å². The van der Waals surface area contributed by atoms with Crippen molar-refractivity contribution in [3.05, 3.63) is 0 Å². The van der Waals surface area contributed by atoms with Crippen LogP contribution in [-0.2, 0) is 0 Å². The minimum atomic E-state index is 0.200. The lowest BCUT2D eigenvalue weighted by molar-refractivity contribution is 0.288. The Morgan fingerprint density at radius 2 is 1.29 bits per heavy atom. The summed E-state index contributed by atoms with van der Waals surface area (Å²) in [6, 6.07) is 0. The van der Waals surface area contributed by atoms with Crippen molar-refractivity contribution < 1.29 is 0 Å². The minimum Gasteiger partial charge on any atom is -0.325 e. The van der Waals surface area contributed by atoms with Gasteiger partial charge in [-0.3, -0.25) is 0 Å². The molecule has 1 saturated carbocycles. The molecule has 0 spiro atoms. The molecule has 0 aromatic carbocycles. The van der Waals surface area contributed by atoms with E-state index in [4.69, 9.17) is 5.73 Å². The Balaban J connectivity index is 2.09. The van der Waals surface area contributed by atoms with Crippen LogP contribution in [0.15, 0.2) is 0 Å². The maximum atomic E-state index is 6.57. The summed E-state index contributed by atoms with van der Waals surface area (Å²) in [5, 5.41) is 0. The predicted octanol–water partition coefficient (Wildman–Crippen LogP) is 5.18. The molecular weight excluding hydrogens is 206 g/mol. The largest absolute Gasteiger partial charge is 0.325 e. The normalized spacial score (nSPS) is 20.8. The lowest BCUT2D eigenvalue weighted by Gasteiger charge is -2.31. The highest BCUT2D eigenvalue weighted by Crippen LogP contribution is 2.28. The van der Waals surface area contributed by atoms with Gasteiger partial charge in [-0.05, 0) is 19.3 Å². The van der Waals surface area contributed by atoms with E-state index in [9.17, 15) is 0 Å². The quantitative estimate of drug-likeness (QED) is 0.609. The Hall–Kier alpha value is -0.0400. The SMILES string of the molecule is CCCCCCCCC1(N)CCCCCCC1. The Labute approximate surface area is 109 Å². The van der Waals surface area contributed by atoms with Gasteiger partial charge in [0.2, 0.25) is 0 Å². The summed E-state index contributed by atoms with van der Waals surface area (Å²) in [6.45, 7) is 2.28. The van der Waals surface area contributed by atoms with E-state index in [2.05, 4.69) is 6.92 Å². The second-order valence-electron chi connectivity index (χ2n) is 6.15. The van der Waals surface area contributed by atoms with Crippen molar-refractivity contribution in [2.75, 3.05) is 0 Å². The maximum absolute atomic E-state index is 6.57. The molecule has 1 nitrogen and oxygen atoms in total. The number of nitrogens with two attached hydrogens (primary N) is 1. The monoisotopic (exact) mass is 239 g/mol. The van der Waals surface area contributed by atoms with Gasteiger partial charge in [0, 0.05) is 5.54 Å². The van der Waals surface area contributed by atoms with Crippen molar-refractivity contribution in [2.45, 2.75) is 102 Å². The van der Waals surface area contributed by atoms with E-state index in [1.165, 1.54) is 89.9 Å². The van der Waals surface area contributed by atoms with Gasteiger partial charge in [0.1, 0.15) is 0 Å². The molecule has 1 aliphatic carbocycles. The Morgan fingerprint density at radius 3 is 1.94 bits per heavy atom. The number of hydrogen-bond donors (Lipinski definition) is 1. The molecule has 1 rings (SSSR count). The van der Waals surface area contributed by atoms with Crippen LogP contribution in [0, 0.1) is 0 Å². The number of hydrogen-bond acceptors (Lipinski definition) is 1. The first kappa shape index (κ1) is 15.0. The lowest BCUT2D eigenvalue weighted by Crippen LogP contribution is -2.40. The standard InChI is InChI=1S/C16H33N/c1-2-3-4-5-7-10-13-16(17)14-11-8-6-9-12-15-16/h2-15,17H2,1H3. The molecule has 0 aromatic heterocycles. The van der Waals surface area contributed by atoms with Crippen molar-refractivity contribution in [1.82, 2.24) is 0 Å². The third-order valence-corrected chi connectivity index (χ3v) is 4.38. The molecule has 17 heavy (non-hydrogen) atoms. The van der Waals surface area contributed by atoms with E-state index < -0.39 is 0 Å². The fourth-order valence-corrected chi connectivity index (χ4v) is 3.12. The fraction of sp³-hybridized carbons (Fsp3) is 1.00. The van der Waals surface area contributed by atoms with Crippen molar-refractivity contribution in [2.24, 2.45) is 5.73 Å². The average molecular weight is 239 g/mol. The van der Waals surface area contributed by atoms with Crippen LogP contribution in [-0.4, -0.2) is 5.54 Å². The Kier molecular flexibility index (Phi) is 7.92. The molecule has 1 fully saturated rings. The van der Waals surface area contributed by atoms with Crippen LogP contribution in [0.1, 0.15) is 96.8 Å². The van der Waals surface area contributed by atoms with E-state index >= 15 is 0 Å². The van der Waals surface area contributed by atoms with Crippen LogP contribution >= 0.6 is 0 Å². The van der Waals surface area contributed by atoms with Gasteiger partial charge >= 0.3 is 0 Å². The molecule has 102 valence electrons. The molecule has 0 unspecified atom stereocenters. The fourth-order valence-electron chi connectivity index (χ4n) is 3.12. The molecule has 2 N–H and O–H groups in total. The zero-order valence-electron chi connectivity index (χ0n) is 12.0. The predicted molar refractivity (Wildman–Crippen MR) is 77.2 cm³/mol. The van der Waals surface area contributed by atoms with Gasteiger partial charge < -0.3 is 5.73 Å². The second-order valence-corrected chi connectivity index (χ2v) is 6.15. The van der Waals surface area contributed by atoms with Gasteiger partial charge in [-0.2, -0.15) is 0 Å². The van der Waals surface area contributed by atoms with Crippen LogP contribution < -0.4 is 5.73 Å². The summed E-state index contributed by atoms with van der Waals surface area (Å²) in [5.74, 6) is 0. The average Bonchev–Trinajstić information content (AvgIpc) is 2.29. The van der Waals surface area contributed by atoms with Crippen LogP contribution in [0.5, 0.6) is 0 Å². The zero-order valence-corrected chi connectivity index (χ0v) is 12.0. The lowest BCUT2D eigenvalue weighted by atomic mass is 9.81. The first-order valence-corrected chi connectivity index (χ1v) is 8.06. The molecular formula is C16H33N. The van der Waals surface area contributed by atoms with E-state index in [1.54, 1.807) is 0 Å². The molecule has 0 aliphatic heterocycles. The second kappa shape index (κ2) is 8.97. The van der Waals surface area contributed by atoms with Gasteiger partial charge in [0.15, 0.2) is 0 Å². The van der Waals surface area contributed by atoms with Gasteiger partial charge in [0.05, 0.1) is 0 Å². The molecule has 0 amide bonds. The zero-order chi connectivity index (χ0) is 12.4. The molecule has 0 saturated heterocycles. The molecule has 1 aliphatic rings. The van der Waals surface area contributed by atoms with Crippen molar-refractivity contribution in [3.63, 3.8) is 0 Å². The third-order valence-electron chi connectivity index (χ3n) is 4.38. The summed E-state index contributed by atoms with van der Waals surface area (Å²) in [7, 11) is 0. The number of unbranched alkanes of at least 4 members (excludes halogenated alkanes) is 5. The summed E-state index contributed by atoms with van der Waals surface area (Å²) >= 11 is 0. The number of rotatable bonds is 7. The van der Waals surface area contributed by atoms with Crippen LogP contribution in [0.4, 0.5) is 0 Å². The smallest absolute Gasteiger partial charge is 0.0154 e. The van der Waals surface area contributed by atoms with Gasteiger partial charge in [-0.25, -0.2) is 0 Å². The summed E-state index contributed by atoms with van der Waals surface area (Å²) in [5.41, 5.74) is 6.77. The van der Waals surface area contributed by atoms with E-state index in [0.717, 1.165) is 0 Å². The molecule has 0 aromatic rings. The first-order valence-electron chi connectivity index (χ1n) is 8.06. The summed E-state index contributed by atoms with van der Waals surface area (Å²) in [6.07, 6.45) is 19.2. The minimum absolute atomic E-state index is 0.200. The van der Waals surface area contributed by atoms with E-state index in [1.807, 2.05) is 0 Å². The molecule has 0 atom stereocenters. The Bertz CT molecular complexity index is 168. The topological polar surface area (TPSA) is 26.0 Å². The highest BCUT2D eigenvalue weighted by atomic mass is 14.7. The highest BCUT2D eigenvalue weighted by molar-refractivity contribution is 4.85. The summed E-state index contributed by atoms with van der Waals surface area (Å²) < 4.78 is 0. The third kappa shape index (κ3) is 7.08. The molecule has 0 heterocycles. The maximum Gasteiger partial charge on any atom is 0.0154 e. The van der Waals surface area contributed by atoms with Crippen LogP contribution in [0.25, 0.3) is 0 Å². The highest BCUT2D eigenvalue weighted by Gasteiger charge is 2.24. The molecule has 0 radical (unpaired) electrons. The van der Waals surface area contributed by atoms with Crippen molar-refractivity contribution in [3.8, 4) is 0 Å².